The lowest BCUT2D eigenvalue weighted by atomic mass is 9.74. The maximum atomic E-state index is 9.19. The van der Waals surface area contributed by atoms with Gasteiger partial charge in [0, 0.05) is 5.46 Å². The molecule has 0 amide bonds. The van der Waals surface area contributed by atoms with Crippen LogP contribution in [0.2, 0.25) is 0 Å². The molecule has 0 saturated carbocycles. The van der Waals surface area contributed by atoms with E-state index in [1.807, 2.05) is 13.0 Å². The molecule has 0 heterocycles. The lowest BCUT2D eigenvalue weighted by molar-refractivity contribution is 0.425. The summed E-state index contributed by atoms with van der Waals surface area (Å²) in [5.41, 5.74) is 2.72. The largest absolute Gasteiger partial charge is 0.489 e. The summed E-state index contributed by atoms with van der Waals surface area (Å²) in [5, 5.41) is 27.5. The normalized spacial score (nSPS) is 10.3. The molecule has 16 heavy (non-hydrogen) atoms. The third-order valence-electron chi connectivity index (χ3n) is 2.75. The molecule has 0 fully saturated rings. The Balaban J connectivity index is 3.48. The quantitative estimate of drug-likeness (QED) is 0.740. The highest BCUT2D eigenvalue weighted by Crippen LogP contribution is 2.22. The van der Waals surface area contributed by atoms with Crippen LogP contribution in [-0.4, -0.2) is 17.2 Å². The van der Waals surface area contributed by atoms with Gasteiger partial charge in [-0.25, -0.2) is 0 Å². The zero-order chi connectivity index (χ0) is 12.3. The number of rotatable bonds is 3. The molecule has 0 radical (unpaired) electrons. The summed E-state index contributed by atoms with van der Waals surface area (Å²) in [4.78, 5) is 0. The maximum absolute atomic E-state index is 9.19. The van der Waals surface area contributed by atoms with Crippen molar-refractivity contribution in [2.75, 3.05) is 0 Å². The van der Waals surface area contributed by atoms with Crippen LogP contribution in [-0.2, 0) is 6.42 Å². The zero-order valence-corrected chi connectivity index (χ0v) is 9.86. The van der Waals surface area contributed by atoms with Crippen molar-refractivity contribution in [1.82, 2.24) is 0 Å². The smallest absolute Gasteiger partial charge is 0.423 e. The molecule has 3 nitrogen and oxygen atoms in total. The van der Waals surface area contributed by atoms with Crippen LogP contribution in [0.1, 0.15) is 43.4 Å². The standard InChI is InChI=1S/C12H16BNO2/c1-4-9-10(8(2)3)5-6-12(13(15)16)11(9)7-14/h5-6,8,15-16H,4H2,1-3H3. The van der Waals surface area contributed by atoms with E-state index in [0.29, 0.717) is 16.9 Å². The topological polar surface area (TPSA) is 64.2 Å². The van der Waals surface area contributed by atoms with E-state index in [0.717, 1.165) is 17.5 Å². The van der Waals surface area contributed by atoms with Crippen molar-refractivity contribution in [3.63, 3.8) is 0 Å². The van der Waals surface area contributed by atoms with Crippen molar-refractivity contribution in [2.45, 2.75) is 33.1 Å². The van der Waals surface area contributed by atoms with Gasteiger partial charge in [0.2, 0.25) is 0 Å². The van der Waals surface area contributed by atoms with Crippen molar-refractivity contribution < 1.29 is 10.0 Å². The highest BCUT2D eigenvalue weighted by Gasteiger charge is 2.20. The molecule has 0 unspecified atom stereocenters. The Morgan fingerprint density at radius 1 is 1.38 bits per heavy atom. The van der Waals surface area contributed by atoms with Crippen LogP contribution in [0.15, 0.2) is 12.1 Å². The summed E-state index contributed by atoms with van der Waals surface area (Å²) in [7, 11) is -1.58. The number of nitrogens with zero attached hydrogens (tertiary/aromatic N) is 1. The lowest BCUT2D eigenvalue weighted by Crippen LogP contribution is -2.33. The third kappa shape index (κ3) is 2.26. The summed E-state index contributed by atoms with van der Waals surface area (Å²) >= 11 is 0. The molecule has 0 bridgehead atoms. The van der Waals surface area contributed by atoms with Crippen LogP contribution in [0, 0.1) is 11.3 Å². The van der Waals surface area contributed by atoms with Crippen molar-refractivity contribution in [2.24, 2.45) is 0 Å². The van der Waals surface area contributed by atoms with Crippen LogP contribution in [0.3, 0.4) is 0 Å². The molecule has 4 heteroatoms. The fourth-order valence-electron chi connectivity index (χ4n) is 1.95. The molecule has 0 aliphatic heterocycles. The Hall–Kier alpha value is -1.31. The monoisotopic (exact) mass is 217 g/mol. The first-order chi connectivity index (χ1) is 7.52. The van der Waals surface area contributed by atoms with E-state index in [1.165, 1.54) is 0 Å². The number of hydrogen-bond acceptors (Lipinski definition) is 3. The molecule has 0 aliphatic carbocycles. The number of nitriles is 1. The van der Waals surface area contributed by atoms with Gasteiger partial charge in [-0.3, -0.25) is 0 Å². The second-order valence-electron chi connectivity index (χ2n) is 4.09. The average Bonchev–Trinajstić information content (AvgIpc) is 2.26. The summed E-state index contributed by atoms with van der Waals surface area (Å²) in [6.45, 7) is 6.09. The van der Waals surface area contributed by atoms with Gasteiger partial charge in [-0.1, -0.05) is 32.9 Å². The second-order valence-corrected chi connectivity index (χ2v) is 4.09. The number of hydrogen-bond donors (Lipinski definition) is 2. The molecule has 1 rings (SSSR count). The molecular weight excluding hydrogens is 201 g/mol. The van der Waals surface area contributed by atoms with E-state index < -0.39 is 7.12 Å². The molecule has 1 aromatic rings. The average molecular weight is 217 g/mol. The van der Waals surface area contributed by atoms with Crippen LogP contribution in [0.5, 0.6) is 0 Å². The molecule has 0 saturated heterocycles. The predicted molar refractivity (Wildman–Crippen MR) is 64.4 cm³/mol. The number of benzene rings is 1. The van der Waals surface area contributed by atoms with Gasteiger partial charge in [-0.15, -0.1) is 0 Å². The van der Waals surface area contributed by atoms with Crippen LogP contribution in [0.25, 0.3) is 0 Å². The van der Waals surface area contributed by atoms with Crippen molar-refractivity contribution in [1.29, 1.82) is 5.26 Å². The first-order valence-electron chi connectivity index (χ1n) is 5.44. The van der Waals surface area contributed by atoms with E-state index in [-0.39, 0.29) is 0 Å². The van der Waals surface area contributed by atoms with Gasteiger partial charge < -0.3 is 10.0 Å². The van der Waals surface area contributed by atoms with E-state index in [9.17, 15) is 10.0 Å². The van der Waals surface area contributed by atoms with Crippen molar-refractivity contribution >= 4 is 12.6 Å². The van der Waals surface area contributed by atoms with Crippen LogP contribution >= 0.6 is 0 Å². The SMILES string of the molecule is CCc1c(C(C)C)ccc(B(O)O)c1C#N. The Labute approximate surface area is 96.5 Å². The van der Waals surface area contributed by atoms with Gasteiger partial charge in [-0.05, 0) is 23.5 Å². The zero-order valence-electron chi connectivity index (χ0n) is 9.86. The molecule has 0 aromatic heterocycles. The summed E-state index contributed by atoms with van der Waals surface area (Å²) in [5.74, 6) is 0.326. The first-order valence-corrected chi connectivity index (χ1v) is 5.44. The summed E-state index contributed by atoms with van der Waals surface area (Å²) in [6.07, 6.45) is 0.719. The van der Waals surface area contributed by atoms with Gasteiger partial charge >= 0.3 is 7.12 Å². The van der Waals surface area contributed by atoms with E-state index in [2.05, 4.69) is 19.9 Å². The Morgan fingerprint density at radius 3 is 2.38 bits per heavy atom. The minimum absolute atomic E-state index is 0.295. The van der Waals surface area contributed by atoms with Crippen LogP contribution in [0.4, 0.5) is 0 Å². The maximum Gasteiger partial charge on any atom is 0.489 e. The molecule has 0 aliphatic rings. The predicted octanol–water partition coefficient (Wildman–Crippen LogP) is 0.924. The van der Waals surface area contributed by atoms with Gasteiger partial charge in [0.15, 0.2) is 0 Å². The molecule has 2 N–H and O–H groups in total. The fourth-order valence-corrected chi connectivity index (χ4v) is 1.95. The summed E-state index contributed by atoms with van der Waals surface area (Å²) < 4.78 is 0. The fraction of sp³-hybridized carbons (Fsp3) is 0.417. The van der Waals surface area contributed by atoms with Crippen LogP contribution < -0.4 is 5.46 Å². The molecule has 1 aromatic carbocycles. The van der Waals surface area contributed by atoms with E-state index in [1.54, 1.807) is 6.07 Å². The van der Waals surface area contributed by atoms with Gasteiger partial charge in [0.1, 0.15) is 0 Å². The second kappa shape index (κ2) is 5.15. The minimum Gasteiger partial charge on any atom is -0.423 e. The highest BCUT2D eigenvalue weighted by atomic mass is 16.4. The van der Waals surface area contributed by atoms with Crippen molar-refractivity contribution in [3.05, 3.63) is 28.8 Å². The third-order valence-corrected chi connectivity index (χ3v) is 2.75. The Bertz CT molecular complexity index is 422. The van der Waals surface area contributed by atoms with E-state index in [4.69, 9.17) is 5.26 Å². The van der Waals surface area contributed by atoms with Crippen molar-refractivity contribution in [3.8, 4) is 6.07 Å². The Kier molecular flexibility index (Phi) is 4.11. The molecule has 0 spiro atoms. The van der Waals surface area contributed by atoms with E-state index >= 15 is 0 Å². The lowest BCUT2D eigenvalue weighted by Gasteiger charge is -2.15. The highest BCUT2D eigenvalue weighted by molar-refractivity contribution is 6.59. The van der Waals surface area contributed by atoms with Gasteiger partial charge in [0.25, 0.3) is 0 Å². The minimum atomic E-state index is -1.58. The molecular formula is C12H16BNO2. The van der Waals surface area contributed by atoms with Gasteiger partial charge in [-0.2, -0.15) is 5.26 Å². The first kappa shape index (κ1) is 12.8. The van der Waals surface area contributed by atoms with Gasteiger partial charge in [0.05, 0.1) is 11.6 Å². The molecule has 84 valence electrons. The summed E-state index contributed by atoms with van der Waals surface area (Å²) in [6, 6.07) is 5.57. The Morgan fingerprint density at radius 2 is 2.00 bits per heavy atom. The molecule has 0 atom stereocenters.